The highest BCUT2D eigenvalue weighted by molar-refractivity contribution is 6.43. The van der Waals surface area contributed by atoms with Crippen LogP contribution in [0.2, 0.25) is 0 Å². The van der Waals surface area contributed by atoms with Gasteiger partial charge >= 0.3 is 7.12 Å². The average molecular weight is 114 g/mol. The maximum atomic E-state index is 8.23. The summed E-state index contributed by atoms with van der Waals surface area (Å²) in [5.74, 6) is -0.833. The normalized spacial score (nSPS) is 12.2. The minimum Gasteiger partial charge on any atom is -0.426 e. The van der Waals surface area contributed by atoms with Crippen LogP contribution in [0.4, 0.5) is 0 Å². The first-order valence-electron chi connectivity index (χ1n) is 2.17. The van der Waals surface area contributed by atoms with E-state index in [1.54, 1.807) is 6.07 Å². The summed E-state index contributed by atoms with van der Waals surface area (Å²) < 4.78 is 0. The highest BCUT2D eigenvalue weighted by Crippen LogP contribution is 1.84. The summed E-state index contributed by atoms with van der Waals surface area (Å²) in [4.78, 5) is 0. The molecule has 0 saturated carbocycles. The number of rotatable bonds is 2. The molecule has 44 valence electrons. The van der Waals surface area contributed by atoms with Crippen LogP contribution in [0.3, 0.4) is 0 Å². The van der Waals surface area contributed by atoms with Crippen LogP contribution in [0.5, 0.6) is 0 Å². The molecule has 0 fully saturated rings. The largest absolute Gasteiger partial charge is 0.470 e. The number of nitrogens with zero attached hydrogens (tertiary/aromatic N) is 1. The molecular weight excluding hydrogens is 107 g/mol. The molecule has 4 N–H and O–H groups in total. The molecule has 0 spiro atoms. The zero-order chi connectivity index (χ0) is 6.57. The Morgan fingerprint density at radius 3 is 2.38 bits per heavy atom. The van der Waals surface area contributed by atoms with E-state index in [1.165, 1.54) is 0 Å². The van der Waals surface area contributed by atoms with Gasteiger partial charge in [0.25, 0.3) is 0 Å². The SMILES string of the molecule is N#CC[C@H](N)B(O)O. The fourth-order valence-electron chi connectivity index (χ4n) is 0.211. The zero-order valence-electron chi connectivity index (χ0n) is 4.28. The monoisotopic (exact) mass is 114 g/mol. The second-order valence-electron chi connectivity index (χ2n) is 1.44. The van der Waals surface area contributed by atoms with E-state index in [2.05, 4.69) is 0 Å². The Hall–Kier alpha value is -0.565. The Bertz CT molecular complexity index is 99.9. The Labute approximate surface area is 47.7 Å². The van der Waals surface area contributed by atoms with Gasteiger partial charge in [0.15, 0.2) is 0 Å². The first-order valence-corrected chi connectivity index (χ1v) is 2.17. The van der Waals surface area contributed by atoms with E-state index in [4.69, 9.17) is 21.0 Å². The van der Waals surface area contributed by atoms with Crippen molar-refractivity contribution in [1.82, 2.24) is 0 Å². The van der Waals surface area contributed by atoms with Gasteiger partial charge in [0, 0.05) is 6.42 Å². The summed E-state index contributed by atoms with van der Waals surface area (Å²) in [5, 5.41) is 24.4. The lowest BCUT2D eigenvalue weighted by atomic mass is 9.79. The molecule has 1 atom stereocenters. The van der Waals surface area contributed by atoms with E-state index in [9.17, 15) is 0 Å². The molecule has 0 amide bonds. The molecule has 0 radical (unpaired) electrons. The molecule has 0 aliphatic carbocycles. The third-order valence-corrected chi connectivity index (χ3v) is 0.710. The summed E-state index contributed by atoms with van der Waals surface area (Å²) in [6, 6.07) is 1.70. The van der Waals surface area contributed by atoms with E-state index in [0.29, 0.717) is 0 Å². The van der Waals surface area contributed by atoms with Crippen molar-refractivity contribution < 1.29 is 10.0 Å². The van der Waals surface area contributed by atoms with Gasteiger partial charge in [-0.3, -0.25) is 0 Å². The van der Waals surface area contributed by atoms with Crippen molar-refractivity contribution in [1.29, 1.82) is 5.26 Å². The lowest BCUT2D eigenvalue weighted by Gasteiger charge is -2.01. The van der Waals surface area contributed by atoms with E-state index < -0.39 is 13.1 Å². The van der Waals surface area contributed by atoms with E-state index in [-0.39, 0.29) is 6.42 Å². The third-order valence-electron chi connectivity index (χ3n) is 0.710. The summed E-state index contributed by atoms with van der Waals surface area (Å²) in [6.45, 7) is 0. The summed E-state index contributed by atoms with van der Waals surface area (Å²) in [5.41, 5.74) is 5.00. The van der Waals surface area contributed by atoms with Gasteiger partial charge < -0.3 is 15.8 Å². The minimum atomic E-state index is -1.57. The standard InChI is InChI=1S/C3H7BN2O2/c5-2-1-3(6)4(7)8/h3,7-8H,1,6H2/t3-/m0/s1. The molecule has 0 unspecified atom stereocenters. The van der Waals surface area contributed by atoms with E-state index >= 15 is 0 Å². The topological polar surface area (TPSA) is 90.3 Å². The molecule has 0 aromatic rings. The zero-order valence-corrected chi connectivity index (χ0v) is 4.28. The van der Waals surface area contributed by atoms with Gasteiger partial charge in [-0.2, -0.15) is 5.26 Å². The fraction of sp³-hybridized carbons (Fsp3) is 0.667. The quantitative estimate of drug-likeness (QED) is 0.371. The first kappa shape index (κ1) is 7.43. The van der Waals surface area contributed by atoms with Crippen molar-refractivity contribution in [2.75, 3.05) is 0 Å². The van der Waals surface area contributed by atoms with Crippen molar-refractivity contribution in [2.24, 2.45) is 5.73 Å². The second-order valence-corrected chi connectivity index (χ2v) is 1.44. The molecule has 0 heterocycles. The van der Waals surface area contributed by atoms with Crippen molar-refractivity contribution >= 4 is 7.12 Å². The summed E-state index contributed by atoms with van der Waals surface area (Å²) in [7, 11) is -1.57. The maximum Gasteiger partial charge on any atom is 0.470 e. The van der Waals surface area contributed by atoms with Crippen molar-refractivity contribution in [3.05, 3.63) is 0 Å². The maximum absolute atomic E-state index is 8.23. The number of hydrogen-bond donors (Lipinski definition) is 3. The summed E-state index contributed by atoms with van der Waals surface area (Å²) in [6.07, 6.45) is -0.0301. The van der Waals surface area contributed by atoms with Crippen molar-refractivity contribution in [3.63, 3.8) is 0 Å². The lowest BCUT2D eigenvalue weighted by molar-refractivity contribution is 0.387. The van der Waals surface area contributed by atoms with Gasteiger partial charge in [-0.25, -0.2) is 0 Å². The lowest BCUT2D eigenvalue weighted by Crippen LogP contribution is -2.38. The Balaban J connectivity index is 3.35. The molecule has 0 aliphatic rings. The molecule has 0 aromatic heterocycles. The molecular formula is C3H7BN2O2. The van der Waals surface area contributed by atoms with Crippen LogP contribution in [0.15, 0.2) is 0 Å². The van der Waals surface area contributed by atoms with Gasteiger partial charge in [-0.05, 0) is 0 Å². The van der Waals surface area contributed by atoms with E-state index in [0.717, 1.165) is 0 Å². The van der Waals surface area contributed by atoms with Crippen molar-refractivity contribution in [2.45, 2.75) is 12.4 Å². The number of hydrogen-bond acceptors (Lipinski definition) is 4. The average Bonchev–Trinajstić information content (AvgIpc) is 1.67. The number of nitriles is 1. The van der Waals surface area contributed by atoms with Gasteiger partial charge in [0.05, 0.1) is 12.0 Å². The molecule has 0 bridgehead atoms. The molecule has 0 saturated heterocycles. The second kappa shape index (κ2) is 3.44. The Morgan fingerprint density at radius 1 is 1.75 bits per heavy atom. The van der Waals surface area contributed by atoms with Crippen LogP contribution in [0.25, 0.3) is 0 Å². The van der Waals surface area contributed by atoms with E-state index in [1.807, 2.05) is 0 Å². The van der Waals surface area contributed by atoms with Crippen LogP contribution in [-0.2, 0) is 0 Å². The Kier molecular flexibility index (Phi) is 3.20. The predicted octanol–water partition coefficient (Wildman–Crippen LogP) is -1.76. The summed E-state index contributed by atoms with van der Waals surface area (Å²) >= 11 is 0. The smallest absolute Gasteiger partial charge is 0.426 e. The molecule has 5 heteroatoms. The van der Waals surface area contributed by atoms with Gasteiger partial charge in [-0.15, -0.1) is 0 Å². The molecule has 8 heavy (non-hydrogen) atoms. The molecule has 0 rings (SSSR count). The van der Waals surface area contributed by atoms with Gasteiger partial charge in [0.2, 0.25) is 0 Å². The van der Waals surface area contributed by atoms with Gasteiger partial charge in [0.1, 0.15) is 0 Å². The molecule has 4 nitrogen and oxygen atoms in total. The molecule has 0 aromatic carbocycles. The minimum absolute atomic E-state index is 0.0301. The van der Waals surface area contributed by atoms with Crippen LogP contribution in [0.1, 0.15) is 6.42 Å². The number of nitrogens with two attached hydrogens (primary N) is 1. The van der Waals surface area contributed by atoms with Gasteiger partial charge in [-0.1, -0.05) is 0 Å². The van der Waals surface area contributed by atoms with Crippen molar-refractivity contribution in [3.8, 4) is 6.07 Å². The fourth-order valence-corrected chi connectivity index (χ4v) is 0.211. The van der Waals surface area contributed by atoms with Crippen LogP contribution >= 0.6 is 0 Å². The molecule has 0 aliphatic heterocycles. The highest BCUT2D eigenvalue weighted by Gasteiger charge is 2.17. The Morgan fingerprint density at radius 2 is 2.25 bits per heavy atom. The van der Waals surface area contributed by atoms with Crippen LogP contribution in [-0.4, -0.2) is 23.1 Å². The third kappa shape index (κ3) is 2.58. The highest BCUT2D eigenvalue weighted by atomic mass is 16.4. The van der Waals surface area contributed by atoms with Crippen LogP contribution < -0.4 is 5.73 Å². The first-order chi connectivity index (χ1) is 3.68. The van der Waals surface area contributed by atoms with Crippen LogP contribution in [0, 0.1) is 11.3 Å². The predicted molar refractivity (Wildman–Crippen MR) is 28.4 cm³/mol.